The largest absolute Gasteiger partial charge is 0.386 e. The van der Waals surface area contributed by atoms with Crippen molar-refractivity contribution < 1.29 is 18.7 Å². The maximum atomic E-state index is 14.3. The van der Waals surface area contributed by atoms with Crippen LogP contribution in [0.5, 0.6) is 0 Å². The molecule has 1 amide bonds. The number of alkyl halides is 3. The van der Waals surface area contributed by atoms with Crippen molar-refractivity contribution in [1.82, 2.24) is 5.32 Å². The molecule has 5 rings (SSSR count). The summed E-state index contributed by atoms with van der Waals surface area (Å²) in [4.78, 5) is 12.4. The molecule has 5 aliphatic rings. The molecule has 0 radical (unpaired) electrons. The highest BCUT2D eigenvalue weighted by Crippen LogP contribution is 2.64. The standard InChI is InChI=1S/C16H22ClF2NO2/c17-14-7-15(8-14,9-14)20-11(21)10-5-13(3-1-2-4-13)12(22)16(18,19)6-10/h10,12,22H,1-9H2,(H,20,21). The summed E-state index contributed by atoms with van der Waals surface area (Å²) in [6.45, 7) is 0. The molecule has 5 fully saturated rings. The Hall–Kier alpha value is -0.420. The van der Waals surface area contributed by atoms with Gasteiger partial charge in [-0.05, 0) is 38.5 Å². The summed E-state index contributed by atoms with van der Waals surface area (Å²) < 4.78 is 28.5. The lowest BCUT2D eigenvalue weighted by atomic mass is 9.49. The van der Waals surface area contributed by atoms with E-state index >= 15 is 0 Å². The highest BCUT2D eigenvalue weighted by Gasteiger charge is 2.68. The van der Waals surface area contributed by atoms with Crippen LogP contribution in [0.3, 0.4) is 0 Å². The normalized spacial score (nSPS) is 47.6. The minimum Gasteiger partial charge on any atom is -0.386 e. The smallest absolute Gasteiger partial charge is 0.274 e. The Balaban J connectivity index is 1.48. The minimum atomic E-state index is -3.17. The molecule has 2 bridgehead atoms. The fraction of sp³-hybridized carbons (Fsp3) is 0.938. The molecule has 0 aliphatic heterocycles. The first-order valence-electron chi connectivity index (χ1n) is 8.25. The first kappa shape index (κ1) is 15.1. The molecule has 2 N–H and O–H groups in total. The first-order chi connectivity index (χ1) is 10.2. The van der Waals surface area contributed by atoms with Crippen LogP contribution in [0.1, 0.15) is 57.8 Å². The van der Waals surface area contributed by atoms with Gasteiger partial charge in [-0.15, -0.1) is 11.6 Å². The lowest BCUT2D eigenvalue weighted by molar-refractivity contribution is -0.203. The van der Waals surface area contributed by atoms with Gasteiger partial charge in [-0.3, -0.25) is 4.79 Å². The Morgan fingerprint density at radius 1 is 1.14 bits per heavy atom. The number of hydrogen-bond acceptors (Lipinski definition) is 2. The second-order valence-corrected chi connectivity index (χ2v) is 9.09. The molecular weight excluding hydrogens is 312 g/mol. The zero-order valence-corrected chi connectivity index (χ0v) is 13.3. The molecular formula is C16H22ClF2NO2. The average Bonchev–Trinajstić information content (AvgIpc) is 2.81. The number of aliphatic hydroxyl groups excluding tert-OH is 1. The molecule has 6 heteroatoms. The van der Waals surface area contributed by atoms with Crippen LogP contribution in [0.25, 0.3) is 0 Å². The van der Waals surface area contributed by atoms with Crippen molar-refractivity contribution in [3.05, 3.63) is 0 Å². The quantitative estimate of drug-likeness (QED) is 0.763. The zero-order chi connectivity index (χ0) is 15.8. The Labute approximate surface area is 133 Å². The SMILES string of the molecule is O=C(NC12CC(Cl)(C1)C2)C1CC(F)(F)C(O)C2(CCCC2)C1. The van der Waals surface area contributed by atoms with E-state index < -0.39 is 29.8 Å². The number of hydrogen-bond donors (Lipinski definition) is 2. The van der Waals surface area contributed by atoms with Crippen molar-refractivity contribution in [3.8, 4) is 0 Å². The number of nitrogens with one attached hydrogen (secondary N) is 1. The molecule has 0 saturated heterocycles. The van der Waals surface area contributed by atoms with Gasteiger partial charge in [-0.25, -0.2) is 8.78 Å². The van der Waals surface area contributed by atoms with Gasteiger partial charge in [0.2, 0.25) is 5.91 Å². The summed E-state index contributed by atoms with van der Waals surface area (Å²) in [5.74, 6) is -4.13. The number of aliphatic hydroxyl groups is 1. The van der Waals surface area contributed by atoms with Crippen LogP contribution >= 0.6 is 11.6 Å². The molecule has 3 nitrogen and oxygen atoms in total. The summed E-state index contributed by atoms with van der Waals surface area (Å²) in [7, 11) is 0. The van der Waals surface area contributed by atoms with E-state index in [2.05, 4.69) is 5.32 Å². The fourth-order valence-electron chi connectivity index (χ4n) is 5.46. The van der Waals surface area contributed by atoms with Gasteiger partial charge in [-0.2, -0.15) is 0 Å². The summed E-state index contributed by atoms with van der Waals surface area (Å²) in [5.41, 5.74) is -0.996. The van der Waals surface area contributed by atoms with Crippen molar-refractivity contribution in [2.24, 2.45) is 11.3 Å². The Morgan fingerprint density at radius 3 is 2.27 bits per heavy atom. The maximum Gasteiger partial charge on any atom is 0.274 e. The molecule has 5 aliphatic carbocycles. The molecule has 0 heterocycles. The van der Waals surface area contributed by atoms with Crippen molar-refractivity contribution >= 4 is 17.5 Å². The topological polar surface area (TPSA) is 49.3 Å². The lowest BCUT2D eigenvalue weighted by Crippen LogP contribution is -2.77. The van der Waals surface area contributed by atoms with Gasteiger partial charge < -0.3 is 10.4 Å². The summed E-state index contributed by atoms with van der Waals surface area (Å²) >= 11 is 6.19. The second-order valence-electron chi connectivity index (χ2n) is 8.29. The van der Waals surface area contributed by atoms with E-state index in [1.54, 1.807) is 0 Å². The molecule has 2 atom stereocenters. The summed E-state index contributed by atoms with van der Waals surface area (Å²) in [6.07, 6.45) is 3.43. The first-order valence-corrected chi connectivity index (χ1v) is 8.63. The van der Waals surface area contributed by atoms with Crippen LogP contribution in [-0.2, 0) is 4.79 Å². The van der Waals surface area contributed by atoms with Gasteiger partial charge in [0, 0.05) is 23.3 Å². The van der Waals surface area contributed by atoms with Gasteiger partial charge in [0.25, 0.3) is 5.92 Å². The van der Waals surface area contributed by atoms with Gasteiger partial charge in [-0.1, -0.05) is 12.8 Å². The van der Waals surface area contributed by atoms with E-state index in [-0.39, 0.29) is 16.3 Å². The van der Waals surface area contributed by atoms with Crippen LogP contribution in [0.4, 0.5) is 8.78 Å². The zero-order valence-electron chi connectivity index (χ0n) is 12.5. The number of halogens is 3. The summed E-state index contributed by atoms with van der Waals surface area (Å²) in [6, 6.07) is 0. The molecule has 124 valence electrons. The molecule has 0 aromatic heterocycles. The van der Waals surface area contributed by atoms with Crippen LogP contribution < -0.4 is 5.32 Å². The van der Waals surface area contributed by atoms with Crippen LogP contribution in [-0.4, -0.2) is 33.5 Å². The average molecular weight is 334 g/mol. The van der Waals surface area contributed by atoms with E-state index in [1.807, 2.05) is 0 Å². The second kappa shape index (κ2) is 4.35. The molecule has 0 aromatic rings. The van der Waals surface area contributed by atoms with Gasteiger partial charge in [0.05, 0.1) is 4.87 Å². The van der Waals surface area contributed by atoms with E-state index in [0.29, 0.717) is 19.3 Å². The molecule has 2 unspecified atom stereocenters. The Kier molecular flexibility index (Phi) is 2.99. The molecule has 0 aromatic carbocycles. The van der Waals surface area contributed by atoms with E-state index in [1.165, 1.54) is 0 Å². The third-order valence-corrected chi connectivity index (χ3v) is 6.88. The number of amides is 1. The highest BCUT2D eigenvalue weighted by atomic mass is 35.5. The van der Waals surface area contributed by atoms with Crippen molar-refractivity contribution in [3.63, 3.8) is 0 Å². The third-order valence-electron chi connectivity index (χ3n) is 6.48. The lowest BCUT2D eigenvalue weighted by Gasteiger charge is -2.67. The van der Waals surface area contributed by atoms with E-state index in [9.17, 15) is 18.7 Å². The van der Waals surface area contributed by atoms with Crippen molar-refractivity contribution in [2.45, 2.75) is 80.2 Å². The number of rotatable bonds is 2. The number of carbonyl (C=O) groups excluding carboxylic acids is 1. The maximum absolute atomic E-state index is 14.3. The van der Waals surface area contributed by atoms with E-state index in [4.69, 9.17) is 11.6 Å². The number of carbonyl (C=O) groups is 1. The molecule has 22 heavy (non-hydrogen) atoms. The molecule has 5 saturated carbocycles. The van der Waals surface area contributed by atoms with Gasteiger partial charge in [0.15, 0.2) is 0 Å². The monoisotopic (exact) mass is 333 g/mol. The fourth-order valence-corrected chi connectivity index (χ4v) is 6.23. The third kappa shape index (κ3) is 2.04. The van der Waals surface area contributed by atoms with Crippen LogP contribution in [0.2, 0.25) is 0 Å². The van der Waals surface area contributed by atoms with Gasteiger partial charge in [0.1, 0.15) is 6.10 Å². The van der Waals surface area contributed by atoms with E-state index in [0.717, 1.165) is 32.1 Å². The molecule has 1 spiro atoms. The Morgan fingerprint density at radius 2 is 1.73 bits per heavy atom. The van der Waals surface area contributed by atoms with Gasteiger partial charge >= 0.3 is 0 Å². The summed E-state index contributed by atoms with van der Waals surface area (Å²) in [5, 5.41) is 13.1. The predicted octanol–water partition coefficient (Wildman–Crippen LogP) is 2.98. The van der Waals surface area contributed by atoms with Crippen LogP contribution in [0.15, 0.2) is 0 Å². The Bertz CT molecular complexity index is 499. The minimum absolute atomic E-state index is 0.146. The highest BCUT2D eigenvalue weighted by molar-refractivity contribution is 6.26. The van der Waals surface area contributed by atoms with Crippen molar-refractivity contribution in [1.29, 1.82) is 0 Å². The predicted molar refractivity (Wildman–Crippen MR) is 77.9 cm³/mol. The van der Waals surface area contributed by atoms with Crippen LogP contribution in [0, 0.1) is 11.3 Å². The van der Waals surface area contributed by atoms with Crippen molar-refractivity contribution in [2.75, 3.05) is 0 Å².